The molecular weight excluding hydrogens is 338 g/mol. The molecule has 0 unspecified atom stereocenters. The maximum absolute atomic E-state index is 13.3. The number of allylic oxidation sites excluding steroid dienone is 2. The maximum Gasteiger partial charge on any atom is 0.238 e. The van der Waals surface area contributed by atoms with Gasteiger partial charge in [0.1, 0.15) is 11.2 Å². The number of nitrogens with zero attached hydrogens (tertiary/aromatic N) is 1. The van der Waals surface area contributed by atoms with Crippen LogP contribution in [0.4, 0.5) is 5.69 Å². The monoisotopic (exact) mass is 355 g/mol. The van der Waals surface area contributed by atoms with Gasteiger partial charge in [-0.25, -0.2) is 4.90 Å². The minimum absolute atomic E-state index is 0.0230. The summed E-state index contributed by atoms with van der Waals surface area (Å²) in [6, 6.07) is 13.6. The zero-order chi connectivity index (χ0) is 17.9. The first-order valence-electron chi connectivity index (χ1n) is 9.70. The molecule has 4 heteroatoms. The first-order valence-corrected chi connectivity index (χ1v) is 9.70. The number of hydrogen-bond donors (Lipinski definition) is 0. The van der Waals surface area contributed by atoms with E-state index in [9.17, 15) is 9.59 Å². The number of carbonyl (C=O) groups excluding carboxylic acids is 2. The van der Waals surface area contributed by atoms with Gasteiger partial charge in [-0.05, 0) is 48.3 Å². The first-order chi connectivity index (χ1) is 13.2. The largest absolute Gasteiger partial charge is 0.456 e. The standard InChI is InChI=1S/C23H17NO3/c25-22-20-14-7-8-15(17-10-16(14)17)21(20)23(26)24(22)11-5-6-13-12-3-1-2-4-18(12)27-19(13)9-11/h1-9,14-17,20-21H,10H2/t14-,15-,16-,17+,20-,21+/m0/s1. The van der Waals surface area contributed by atoms with Crippen LogP contribution >= 0.6 is 0 Å². The second-order valence-corrected chi connectivity index (χ2v) is 8.45. The summed E-state index contributed by atoms with van der Waals surface area (Å²) in [5.41, 5.74) is 2.17. The van der Waals surface area contributed by atoms with Crippen LogP contribution in [0.3, 0.4) is 0 Å². The van der Waals surface area contributed by atoms with E-state index in [1.807, 2.05) is 42.5 Å². The van der Waals surface area contributed by atoms with E-state index in [-0.39, 0.29) is 35.5 Å². The van der Waals surface area contributed by atoms with Gasteiger partial charge in [0.15, 0.2) is 0 Å². The molecule has 1 aromatic heterocycles. The Bertz CT molecular complexity index is 1170. The first kappa shape index (κ1) is 14.2. The maximum atomic E-state index is 13.3. The van der Waals surface area contributed by atoms with Gasteiger partial charge in [0.25, 0.3) is 0 Å². The van der Waals surface area contributed by atoms with Gasteiger partial charge in [-0.2, -0.15) is 0 Å². The number of benzene rings is 2. The minimum Gasteiger partial charge on any atom is -0.456 e. The normalized spacial score (nSPS) is 35.9. The Labute approximate surface area is 155 Å². The van der Waals surface area contributed by atoms with E-state index in [1.54, 1.807) is 0 Å². The molecule has 3 fully saturated rings. The molecular formula is C23H17NO3. The fourth-order valence-electron chi connectivity index (χ4n) is 6.07. The number of furan rings is 1. The summed E-state index contributed by atoms with van der Waals surface area (Å²) in [4.78, 5) is 27.9. The number of hydrogen-bond acceptors (Lipinski definition) is 3. The zero-order valence-corrected chi connectivity index (χ0v) is 14.5. The Morgan fingerprint density at radius 1 is 0.815 bits per heavy atom. The van der Waals surface area contributed by atoms with Gasteiger partial charge in [0.2, 0.25) is 11.8 Å². The van der Waals surface area contributed by atoms with Crippen LogP contribution in [0.15, 0.2) is 59.0 Å². The van der Waals surface area contributed by atoms with Crippen molar-refractivity contribution >= 4 is 39.4 Å². The smallest absolute Gasteiger partial charge is 0.238 e. The molecule has 4 aliphatic carbocycles. The summed E-state index contributed by atoms with van der Waals surface area (Å²) in [5.74, 6) is 1.37. The van der Waals surface area contributed by atoms with Gasteiger partial charge in [-0.15, -0.1) is 0 Å². The lowest BCUT2D eigenvalue weighted by Gasteiger charge is -2.37. The molecule has 3 aromatic rings. The summed E-state index contributed by atoms with van der Waals surface area (Å²) < 4.78 is 5.96. The molecule has 5 aliphatic rings. The third-order valence-corrected chi connectivity index (χ3v) is 7.28. The molecule has 1 saturated heterocycles. The summed E-state index contributed by atoms with van der Waals surface area (Å²) in [6.45, 7) is 0. The molecule has 1 aliphatic heterocycles. The van der Waals surface area contributed by atoms with E-state index in [0.29, 0.717) is 23.1 Å². The molecule has 0 spiro atoms. The molecule has 4 nitrogen and oxygen atoms in total. The van der Waals surface area contributed by atoms with E-state index in [4.69, 9.17) is 4.42 Å². The summed E-state index contributed by atoms with van der Waals surface area (Å²) in [6.07, 6.45) is 5.59. The number of imide groups is 1. The van der Waals surface area contributed by atoms with Gasteiger partial charge >= 0.3 is 0 Å². The molecule has 2 heterocycles. The highest BCUT2D eigenvalue weighted by molar-refractivity contribution is 6.23. The molecule has 2 amide bonds. The topological polar surface area (TPSA) is 50.5 Å². The number of rotatable bonds is 1. The van der Waals surface area contributed by atoms with Crippen LogP contribution in [0.5, 0.6) is 0 Å². The van der Waals surface area contributed by atoms with E-state index in [2.05, 4.69) is 12.2 Å². The van der Waals surface area contributed by atoms with E-state index >= 15 is 0 Å². The Hall–Kier alpha value is -2.88. The molecule has 0 N–H and O–H groups in total. The lowest BCUT2D eigenvalue weighted by atomic mass is 9.63. The van der Waals surface area contributed by atoms with E-state index < -0.39 is 0 Å². The zero-order valence-electron chi connectivity index (χ0n) is 14.5. The average Bonchev–Trinajstić information content (AvgIpc) is 3.38. The van der Waals surface area contributed by atoms with Gasteiger partial charge in [-0.3, -0.25) is 9.59 Å². The number of fused-ring (bicyclic) bond motifs is 3. The summed E-state index contributed by atoms with van der Waals surface area (Å²) in [7, 11) is 0. The van der Waals surface area contributed by atoms with Gasteiger partial charge in [0.05, 0.1) is 17.5 Å². The van der Waals surface area contributed by atoms with Crippen LogP contribution in [-0.4, -0.2) is 11.8 Å². The molecule has 27 heavy (non-hydrogen) atoms. The number of amides is 2. The van der Waals surface area contributed by atoms with Crippen molar-refractivity contribution in [2.45, 2.75) is 6.42 Å². The SMILES string of the molecule is O=C1[C@@H]2[C@H]3C=C[C@@H]([C@@H]4C[C@H]34)[C@@H]2C(=O)N1c1ccc2c(c1)oc1ccccc12. The van der Waals surface area contributed by atoms with Gasteiger partial charge < -0.3 is 4.42 Å². The highest BCUT2D eigenvalue weighted by atomic mass is 16.3. The van der Waals surface area contributed by atoms with Crippen molar-refractivity contribution in [3.63, 3.8) is 0 Å². The van der Waals surface area contributed by atoms with Crippen molar-refractivity contribution < 1.29 is 14.0 Å². The van der Waals surface area contributed by atoms with Gasteiger partial charge in [0, 0.05) is 16.8 Å². The third-order valence-electron chi connectivity index (χ3n) is 7.28. The van der Waals surface area contributed by atoms with Crippen LogP contribution in [-0.2, 0) is 9.59 Å². The summed E-state index contributed by atoms with van der Waals surface area (Å²) in [5, 5.41) is 2.06. The molecule has 2 aromatic carbocycles. The Balaban J connectivity index is 1.36. The molecule has 0 radical (unpaired) electrons. The van der Waals surface area contributed by atoms with Gasteiger partial charge in [-0.1, -0.05) is 30.4 Å². The second kappa shape index (κ2) is 4.50. The molecule has 6 atom stereocenters. The number of para-hydroxylation sites is 1. The quantitative estimate of drug-likeness (QED) is 0.487. The predicted molar refractivity (Wildman–Crippen MR) is 101 cm³/mol. The minimum atomic E-state index is -0.164. The van der Waals surface area contributed by atoms with Crippen molar-refractivity contribution in [1.82, 2.24) is 0 Å². The fraction of sp³-hybridized carbons (Fsp3) is 0.304. The Morgan fingerprint density at radius 3 is 2.22 bits per heavy atom. The van der Waals surface area contributed by atoms with Crippen LogP contribution < -0.4 is 4.90 Å². The number of anilines is 1. The van der Waals surface area contributed by atoms with Crippen molar-refractivity contribution in [3.8, 4) is 0 Å². The highest BCUT2D eigenvalue weighted by Gasteiger charge is 2.67. The Kier molecular flexibility index (Phi) is 2.37. The summed E-state index contributed by atoms with van der Waals surface area (Å²) >= 11 is 0. The van der Waals surface area contributed by atoms with Crippen LogP contribution in [0.1, 0.15) is 6.42 Å². The van der Waals surface area contributed by atoms with Crippen molar-refractivity contribution in [2.24, 2.45) is 35.5 Å². The van der Waals surface area contributed by atoms with E-state index in [0.717, 1.165) is 16.4 Å². The fourth-order valence-corrected chi connectivity index (χ4v) is 6.07. The lowest BCUT2D eigenvalue weighted by Crippen LogP contribution is -2.40. The Morgan fingerprint density at radius 2 is 1.48 bits per heavy atom. The van der Waals surface area contributed by atoms with Crippen LogP contribution in [0, 0.1) is 35.5 Å². The lowest BCUT2D eigenvalue weighted by molar-refractivity contribution is -0.124. The number of carbonyl (C=O) groups is 2. The molecule has 132 valence electrons. The molecule has 2 saturated carbocycles. The van der Waals surface area contributed by atoms with Crippen molar-refractivity contribution in [1.29, 1.82) is 0 Å². The molecule has 2 bridgehead atoms. The van der Waals surface area contributed by atoms with Crippen LogP contribution in [0.25, 0.3) is 21.9 Å². The predicted octanol–water partition coefficient (Wildman–Crippen LogP) is 4.14. The van der Waals surface area contributed by atoms with Crippen LogP contribution in [0.2, 0.25) is 0 Å². The van der Waals surface area contributed by atoms with E-state index in [1.165, 1.54) is 11.3 Å². The van der Waals surface area contributed by atoms with Crippen molar-refractivity contribution in [2.75, 3.05) is 4.90 Å². The second-order valence-electron chi connectivity index (χ2n) is 8.45. The highest BCUT2D eigenvalue weighted by Crippen LogP contribution is 2.65. The third kappa shape index (κ3) is 1.61. The average molecular weight is 355 g/mol. The molecule has 8 rings (SSSR count). The van der Waals surface area contributed by atoms with Crippen molar-refractivity contribution in [3.05, 3.63) is 54.6 Å².